The fraction of sp³-hybridized carbons (Fsp3) is 0.455. The predicted molar refractivity (Wildman–Crippen MR) is 61.5 cm³/mol. The molecule has 1 aromatic rings. The molecule has 0 saturated carbocycles. The second-order valence-electron chi connectivity index (χ2n) is 4.41. The number of benzene rings is 1. The average Bonchev–Trinajstić information content (AvgIpc) is 2.04. The van der Waals surface area contributed by atoms with Crippen molar-refractivity contribution >= 4 is 8.24 Å². The van der Waals surface area contributed by atoms with Crippen LogP contribution in [0, 0.1) is 0 Å². The first-order valence-corrected chi connectivity index (χ1v) is 8.37. The molecule has 13 heavy (non-hydrogen) atoms. The monoisotopic (exact) mass is 193 g/mol. The number of nitrogens with one attached hydrogen (secondary N) is 1. The lowest BCUT2D eigenvalue weighted by Gasteiger charge is -2.17. The molecular weight excluding hydrogens is 174 g/mol. The molecule has 0 saturated heterocycles. The first-order valence-electron chi connectivity index (χ1n) is 4.87. The smallest absolute Gasteiger partial charge is 0.116 e. The zero-order chi connectivity index (χ0) is 9.73. The Morgan fingerprint density at radius 2 is 1.69 bits per heavy atom. The highest BCUT2D eigenvalue weighted by Gasteiger charge is 2.10. The average molecular weight is 193 g/mol. The molecule has 0 spiro atoms. The van der Waals surface area contributed by atoms with Gasteiger partial charge in [0.05, 0.1) is 0 Å². The molecule has 0 aliphatic heterocycles. The maximum absolute atomic E-state index is 3.61. The van der Waals surface area contributed by atoms with Crippen LogP contribution in [0.25, 0.3) is 0 Å². The van der Waals surface area contributed by atoms with E-state index in [1.165, 1.54) is 5.56 Å². The van der Waals surface area contributed by atoms with Crippen LogP contribution in [0.15, 0.2) is 30.3 Å². The van der Waals surface area contributed by atoms with Gasteiger partial charge in [-0.1, -0.05) is 50.0 Å². The summed E-state index contributed by atoms with van der Waals surface area (Å²) in [6, 6.07) is 10.6. The maximum Gasteiger partial charge on any atom is 0.116 e. The van der Waals surface area contributed by atoms with E-state index in [1.807, 2.05) is 0 Å². The fourth-order valence-electron chi connectivity index (χ4n) is 1.23. The summed E-state index contributed by atoms with van der Waals surface area (Å²) in [4.78, 5) is 3.61. The fourth-order valence-corrected chi connectivity index (χ4v) is 2.10. The third-order valence-corrected chi connectivity index (χ3v) is 3.22. The Hall–Kier alpha value is -0.603. The quantitative estimate of drug-likeness (QED) is 0.725. The highest BCUT2D eigenvalue weighted by Crippen LogP contribution is 2.00. The van der Waals surface area contributed by atoms with Crippen molar-refractivity contribution < 1.29 is 0 Å². The highest BCUT2D eigenvalue weighted by molar-refractivity contribution is 6.73. The van der Waals surface area contributed by atoms with Gasteiger partial charge >= 0.3 is 0 Å². The molecule has 2 heteroatoms. The number of rotatable bonds is 4. The lowest BCUT2D eigenvalue weighted by atomic mass is 10.2. The van der Waals surface area contributed by atoms with Crippen LogP contribution < -0.4 is 4.98 Å². The largest absolute Gasteiger partial charge is 0.337 e. The van der Waals surface area contributed by atoms with E-state index in [4.69, 9.17) is 0 Å². The van der Waals surface area contributed by atoms with Crippen molar-refractivity contribution in [1.82, 2.24) is 4.98 Å². The predicted octanol–water partition coefficient (Wildman–Crippen LogP) is 2.65. The van der Waals surface area contributed by atoms with E-state index in [0.29, 0.717) is 0 Å². The molecule has 0 aliphatic rings. The second kappa shape index (κ2) is 4.58. The molecular formula is C11H19NSi. The number of hydrogen-bond donors (Lipinski definition) is 1. The van der Waals surface area contributed by atoms with E-state index >= 15 is 0 Å². The van der Waals surface area contributed by atoms with Crippen LogP contribution >= 0.6 is 0 Å². The van der Waals surface area contributed by atoms with Crippen molar-refractivity contribution in [3.8, 4) is 0 Å². The molecule has 0 fully saturated rings. The summed E-state index contributed by atoms with van der Waals surface area (Å²) < 4.78 is 0. The van der Waals surface area contributed by atoms with Gasteiger partial charge in [-0.15, -0.1) is 0 Å². The first-order chi connectivity index (χ1) is 6.08. The molecule has 1 aromatic carbocycles. The molecule has 0 heterocycles. The first kappa shape index (κ1) is 10.5. The van der Waals surface area contributed by atoms with Gasteiger partial charge in [-0.2, -0.15) is 0 Å². The number of hydrogen-bond acceptors (Lipinski definition) is 1. The minimum absolute atomic E-state index is 1.06. The topological polar surface area (TPSA) is 12.0 Å². The Kier molecular flexibility index (Phi) is 3.69. The van der Waals surface area contributed by atoms with E-state index in [9.17, 15) is 0 Å². The van der Waals surface area contributed by atoms with Gasteiger partial charge < -0.3 is 4.98 Å². The van der Waals surface area contributed by atoms with Crippen LogP contribution in [-0.4, -0.2) is 14.8 Å². The summed E-state index contributed by atoms with van der Waals surface area (Å²) in [5.74, 6) is 0. The van der Waals surface area contributed by atoms with Crippen molar-refractivity contribution in [3.05, 3.63) is 35.9 Å². The second-order valence-corrected chi connectivity index (χ2v) is 9.27. The van der Waals surface area contributed by atoms with Crippen LogP contribution in [0.1, 0.15) is 5.56 Å². The summed E-state index contributed by atoms with van der Waals surface area (Å²) in [5, 5.41) is 0. The molecule has 1 N–H and O–H groups in total. The third kappa shape index (κ3) is 4.86. The van der Waals surface area contributed by atoms with E-state index in [-0.39, 0.29) is 0 Å². The lowest BCUT2D eigenvalue weighted by Crippen LogP contribution is -2.42. The van der Waals surface area contributed by atoms with Gasteiger partial charge in [-0.3, -0.25) is 0 Å². The summed E-state index contributed by atoms with van der Waals surface area (Å²) in [7, 11) is -1.06. The third-order valence-electron chi connectivity index (χ3n) is 1.91. The van der Waals surface area contributed by atoms with Crippen LogP contribution in [-0.2, 0) is 6.42 Å². The maximum atomic E-state index is 3.61. The Morgan fingerprint density at radius 3 is 2.23 bits per heavy atom. The van der Waals surface area contributed by atoms with Gasteiger partial charge in [0.15, 0.2) is 0 Å². The molecule has 72 valence electrons. The molecule has 0 unspecified atom stereocenters. The molecule has 1 nitrogen and oxygen atoms in total. The van der Waals surface area contributed by atoms with E-state index < -0.39 is 8.24 Å². The summed E-state index contributed by atoms with van der Waals surface area (Å²) in [6.45, 7) is 8.10. The Morgan fingerprint density at radius 1 is 1.08 bits per heavy atom. The normalized spacial score (nSPS) is 11.6. The zero-order valence-corrected chi connectivity index (χ0v) is 9.80. The van der Waals surface area contributed by atoms with Crippen molar-refractivity contribution in [1.29, 1.82) is 0 Å². The van der Waals surface area contributed by atoms with Gasteiger partial charge in [0.2, 0.25) is 0 Å². The van der Waals surface area contributed by atoms with E-state index in [0.717, 1.165) is 13.0 Å². The highest BCUT2D eigenvalue weighted by atomic mass is 28.3. The van der Waals surface area contributed by atoms with E-state index in [2.05, 4.69) is 55.0 Å². The van der Waals surface area contributed by atoms with E-state index in [1.54, 1.807) is 0 Å². The van der Waals surface area contributed by atoms with Gasteiger partial charge in [-0.05, 0) is 18.5 Å². The van der Waals surface area contributed by atoms with Gasteiger partial charge in [0.25, 0.3) is 0 Å². The molecule has 1 rings (SSSR count). The van der Waals surface area contributed by atoms with Gasteiger partial charge in [0.1, 0.15) is 8.24 Å². The van der Waals surface area contributed by atoms with Crippen molar-refractivity contribution in [2.24, 2.45) is 0 Å². The van der Waals surface area contributed by atoms with Crippen molar-refractivity contribution in [3.63, 3.8) is 0 Å². The minimum Gasteiger partial charge on any atom is -0.337 e. The Bertz CT molecular complexity index is 238. The molecule has 0 atom stereocenters. The molecule has 0 amide bonds. The summed E-state index contributed by atoms with van der Waals surface area (Å²) in [5.41, 5.74) is 1.42. The molecule has 0 aliphatic carbocycles. The Labute approximate surface area is 82.3 Å². The van der Waals surface area contributed by atoms with Crippen LogP contribution in [0.3, 0.4) is 0 Å². The molecule has 0 radical (unpaired) electrons. The van der Waals surface area contributed by atoms with Crippen LogP contribution in [0.4, 0.5) is 0 Å². The van der Waals surface area contributed by atoms with Crippen molar-refractivity contribution in [2.75, 3.05) is 6.54 Å². The lowest BCUT2D eigenvalue weighted by molar-refractivity contribution is 0.867. The minimum atomic E-state index is -1.06. The standard InChI is InChI=1S/C11H19NSi/c1-13(2,3)12-10-9-11-7-5-4-6-8-11/h4-8,12H,9-10H2,1-3H3. The van der Waals surface area contributed by atoms with Crippen LogP contribution in [0.5, 0.6) is 0 Å². The summed E-state index contributed by atoms with van der Waals surface area (Å²) >= 11 is 0. The summed E-state index contributed by atoms with van der Waals surface area (Å²) in [6.07, 6.45) is 1.14. The van der Waals surface area contributed by atoms with Crippen molar-refractivity contribution in [2.45, 2.75) is 26.1 Å². The SMILES string of the molecule is C[Si](C)(C)NCCc1ccccc1. The Balaban J connectivity index is 2.29. The van der Waals surface area contributed by atoms with Gasteiger partial charge in [-0.25, -0.2) is 0 Å². The van der Waals surface area contributed by atoms with Gasteiger partial charge in [0, 0.05) is 0 Å². The zero-order valence-electron chi connectivity index (χ0n) is 8.80. The van der Waals surface area contributed by atoms with Crippen LogP contribution in [0.2, 0.25) is 19.6 Å². The molecule has 0 aromatic heterocycles. The molecule has 0 bridgehead atoms.